The summed E-state index contributed by atoms with van der Waals surface area (Å²) < 4.78 is 57.2. The highest BCUT2D eigenvalue weighted by Gasteiger charge is 2.14. The molecule has 2 aromatic carbocycles. The van der Waals surface area contributed by atoms with Gasteiger partial charge in [0.2, 0.25) is 10.0 Å². The Balaban J connectivity index is 2.50. The highest BCUT2D eigenvalue weighted by atomic mass is 32.2. The molecular formula is C15H14F2N2O4S. The van der Waals surface area contributed by atoms with Gasteiger partial charge in [-0.2, -0.15) is 0 Å². The summed E-state index contributed by atoms with van der Waals surface area (Å²) in [4.78, 5) is 0. The van der Waals surface area contributed by atoms with E-state index in [2.05, 4.69) is 9.88 Å². The van der Waals surface area contributed by atoms with E-state index in [1.54, 1.807) is 0 Å². The van der Waals surface area contributed by atoms with E-state index < -0.39 is 21.7 Å². The van der Waals surface area contributed by atoms with Gasteiger partial charge in [-0.3, -0.25) is 4.72 Å². The lowest BCUT2D eigenvalue weighted by molar-refractivity contribution is 0.319. The summed E-state index contributed by atoms with van der Waals surface area (Å²) in [7, 11) is -3.61. The number of hydrogen-bond acceptors (Lipinski definition) is 5. The molecule has 0 saturated heterocycles. The van der Waals surface area contributed by atoms with E-state index in [1.807, 2.05) is 0 Å². The number of nitrogens with one attached hydrogen (secondary N) is 1. The number of ether oxygens (including phenoxy) is 1. The Kier molecular flexibility index (Phi) is 5.03. The fraction of sp³-hybridized carbons (Fsp3) is 0.133. The molecule has 0 aromatic heterocycles. The lowest BCUT2D eigenvalue weighted by Gasteiger charge is -2.14. The molecule has 0 aliphatic carbocycles. The van der Waals surface area contributed by atoms with Gasteiger partial charge in [-0.15, -0.1) is 0 Å². The molecule has 0 spiro atoms. The summed E-state index contributed by atoms with van der Waals surface area (Å²) in [5, 5.41) is 11.9. The first-order chi connectivity index (χ1) is 11.2. The molecule has 0 atom stereocenters. The fourth-order valence-electron chi connectivity index (χ4n) is 1.85. The zero-order valence-electron chi connectivity index (χ0n) is 12.7. The molecule has 0 aliphatic heterocycles. The molecule has 24 heavy (non-hydrogen) atoms. The van der Waals surface area contributed by atoms with Crippen LogP contribution in [0.5, 0.6) is 11.5 Å². The van der Waals surface area contributed by atoms with Crippen molar-refractivity contribution in [1.29, 1.82) is 0 Å². The van der Waals surface area contributed by atoms with Crippen molar-refractivity contribution in [3.05, 3.63) is 53.6 Å². The molecule has 128 valence electrons. The first-order valence-corrected chi connectivity index (χ1v) is 8.52. The van der Waals surface area contributed by atoms with Crippen molar-refractivity contribution in [2.45, 2.75) is 6.92 Å². The van der Waals surface area contributed by atoms with Gasteiger partial charge in [-0.25, -0.2) is 17.2 Å². The first-order valence-electron chi connectivity index (χ1n) is 6.63. The number of benzene rings is 2. The van der Waals surface area contributed by atoms with Crippen molar-refractivity contribution >= 4 is 21.4 Å². The lowest BCUT2D eigenvalue weighted by Crippen LogP contribution is -2.11. The van der Waals surface area contributed by atoms with Crippen LogP contribution in [0, 0.1) is 11.6 Å². The third-order valence-corrected chi connectivity index (χ3v) is 3.55. The Morgan fingerprint density at radius 3 is 2.46 bits per heavy atom. The summed E-state index contributed by atoms with van der Waals surface area (Å²) in [6.07, 6.45) is 0.948. The van der Waals surface area contributed by atoms with Crippen LogP contribution in [0.2, 0.25) is 0 Å². The first kappa shape index (κ1) is 17.7. The quantitative estimate of drug-likeness (QED) is 0.489. The van der Waals surface area contributed by atoms with Crippen molar-refractivity contribution in [3.8, 4) is 11.5 Å². The van der Waals surface area contributed by atoms with E-state index in [1.165, 1.54) is 25.1 Å². The summed E-state index contributed by atoms with van der Waals surface area (Å²) in [6.45, 7) is 1.52. The lowest BCUT2D eigenvalue weighted by atomic mass is 10.1. The number of hydrogen-bond donors (Lipinski definition) is 2. The molecule has 9 heteroatoms. The average Bonchev–Trinajstić information content (AvgIpc) is 2.49. The second kappa shape index (κ2) is 6.83. The van der Waals surface area contributed by atoms with Crippen LogP contribution in [0.25, 0.3) is 0 Å². The maximum Gasteiger partial charge on any atom is 0.229 e. The molecule has 2 rings (SSSR count). The summed E-state index contributed by atoms with van der Waals surface area (Å²) in [5.41, 5.74) is 0.718. The van der Waals surface area contributed by atoms with Crippen LogP contribution in [0.15, 0.2) is 41.6 Å². The second-order valence-electron chi connectivity index (χ2n) is 4.95. The highest BCUT2D eigenvalue weighted by Crippen LogP contribution is 2.33. The second-order valence-corrected chi connectivity index (χ2v) is 6.70. The third-order valence-electron chi connectivity index (χ3n) is 2.96. The summed E-state index contributed by atoms with van der Waals surface area (Å²) >= 11 is 0. The molecule has 2 N–H and O–H groups in total. The van der Waals surface area contributed by atoms with Gasteiger partial charge in [0, 0.05) is 11.6 Å². The fourth-order valence-corrected chi connectivity index (χ4v) is 2.42. The van der Waals surface area contributed by atoms with Crippen molar-refractivity contribution in [2.24, 2.45) is 5.16 Å². The van der Waals surface area contributed by atoms with Gasteiger partial charge in [-0.1, -0.05) is 11.2 Å². The smallest absolute Gasteiger partial charge is 0.229 e. The van der Waals surface area contributed by atoms with Gasteiger partial charge in [0.25, 0.3) is 0 Å². The van der Waals surface area contributed by atoms with Crippen molar-refractivity contribution in [2.75, 3.05) is 11.0 Å². The van der Waals surface area contributed by atoms with Crippen molar-refractivity contribution in [3.63, 3.8) is 0 Å². The minimum atomic E-state index is -3.61. The SMILES string of the molecule is CC(=NO)c1ccc(NS(C)(=O)=O)c(Oc2ccc(F)cc2F)c1. The van der Waals surface area contributed by atoms with Gasteiger partial charge < -0.3 is 9.94 Å². The monoisotopic (exact) mass is 356 g/mol. The van der Waals surface area contributed by atoms with Crippen LogP contribution in [-0.2, 0) is 10.0 Å². The predicted octanol–water partition coefficient (Wildman–Crippen LogP) is 3.33. The van der Waals surface area contributed by atoms with Gasteiger partial charge in [0.05, 0.1) is 17.7 Å². The van der Waals surface area contributed by atoms with Crippen molar-refractivity contribution in [1.82, 2.24) is 0 Å². The summed E-state index contributed by atoms with van der Waals surface area (Å²) in [6, 6.07) is 6.97. The minimum absolute atomic E-state index is 0.0357. The molecule has 0 amide bonds. The number of anilines is 1. The molecule has 0 radical (unpaired) electrons. The predicted molar refractivity (Wildman–Crippen MR) is 85.3 cm³/mol. The molecule has 0 saturated carbocycles. The minimum Gasteiger partial charge on any atom is -0.452 e. The molecule has 6 nitrogen and oxygen atoms in total. The molecule has 2 aromatic rings. The third kappa shape index (κ3) is 4.42. The molecule has 0 unspecified atom stereocenters. The average molecular weight is 356 g/mol. The number of oxime groups is 1. The van der Waals surface area contributed by atoms with Crippen LogP contribution >= 0.6 is 0 Å². The van der Waals surface area contributed by atoms with E-state index in [4.69, 9.17) is 9.94 Å². The number of sulfonamides is 1. The van der Waals surface area contributed by atoms with Gasteiger partial charge in [0.15, 0.2) is 17.3 Å². The van der Waals surface area contributed by atoms with Gasteiger partial charge in [-0.05, 0) is 31.2 Å². The molecule has 0 fully saturated rings. The summed E-state index contributed by atoms with van der Waals surface area (Å²) in [5.74, 6) is -2.04. The molecular weight excluding hydrogens is 342 g/mol. The largest absolute Gasteiger partial charge is 0.452 e. The van der Waals surface area contributed by atoms with Gasteiger partial charge >= 0.3 is 0 Å². The molecule has 0 bridgehead atoms. The standard InChI is InChI=1S/C15H14F2N2O4S/c1-9(18-20)10-3-5-13(19-24(2,21)22)15(7-10)23-14-6-4-11(16)8-12(14)17/h3-8,19-20H,1-2H3. The Morgan fingerprint density at radius 1 is 1.17 bits per heavy atom. The van der Waals surface area contributed by atoms with Crippen LogP contribution in [-0.4, -0.2) is 25.6 Å². The Hall–Kier alpha value is -2.68. The van der Waals surface area contributed by atoms with Crippen LogP contribution in [0.4, 0.5) is 14.5 Å². The van der Waals surface area contributed by atoms with Crippen LogP contribution in [0.3, 0.4) is 0 Å². The van der Waals surface area contributed by atoms with Crippen LogP contribution in [0.1, 0.15) is 12.5 Å². The molecule has 0 heterocycles. The maximum absolute atomic E-state index is 13.8. The topological polar surface area (TPSA) is 88.0 Å². The Bertz CT molecular complexity index is 898. The normalized spacial score (nSPS) is 12.1. The van der Waals surface area contributed by atoms with E-state index in [0.29, 0.717) is 11.6 Å². The Labute approximate surface area is 137 Å². The number of rotatable bonds is 5. The van der Waals surface area contributed by atoms with Crippen LogP contribution < -0.4 is 9.46 Å². The zero-order valence-corrected chi connectivity index (χ0v) is 13.6. The van der Waals surface area contributed by atoms with E-state index >= 15 is 0 Å². The highest BCUT2D eigenvalue weighted by molar-refractivity contribution is 7.92. The number of halogens is 2. The zero-order chi connectivity index (χ0) is 17.9. The van der Waals surface area contributed by atoms with E-state index in [9.17, 15) is 17.2 Å². The Morgan fingerprint density at radius 2 is 1.88 bits per heavy atom. The van der Waals surface area contributed by atoms with E-state index in [-0.39, 0.29) is 22.9 Å². The maximum atomic E-state index is 13.8. The number of nitrogens with zero attached hydrogens (tertiary/aromatic N) is 1. The van der Waals surface area contributed by atoms with Crippen molar-refractivity contribution < 1.29 is 27.1 Å². The molecule has 0 aliphatic rings. The van der Waals surface area contributed by atoms with Gasteiger partial charge in [0.1, 0.15) is 5.82 Å². The van der Waals surface area contributed by atoms with E-state index in [0.717, 1.165) is 18.4 Å².